The van der Waals surface area contributed by atoms with E-state index in [4.69, 9.17) is 9.84 Å². The minimum absolute atomic E-state index is 0.0116. The third-order valence-corrected chi connectivity index (χ3v) is 6.13. The highest BCUT2D eigenvalue weighted by Crippen LogP contribution is 2.23. The van der Waals surface area contributed by atoms with Crippen LogP contribution in [0.25, 0.3) is 0 Å². The van der Waals surface area contributed by atoms with Crippen LogP contribution in [0.3, 0.4) is 0 Å². The molecule has 0 aromatic carbocycles. The minimum Gasteiger partial charge on any atom is -0.396 e. The van der Waals surface area contributed by atoms with Crippen molar-refractivity contribution in [2.45, 2.75) is 24.1 Å². The molecule has 0 aromatic rings. The van der Waals surface area contributed by atoms with E-state index in [1.54, 1.807) is 0 Å². The monoisotopic (exact) mass is 311 g/mol. The largest absolute Gasteiger partial charge is 0.396 e. The van der Waals surface area contributed by atoms with Gasteiger partial charge in [-0.3, -0.25) is 4.79 Å². The Kier molecular flexibility index (Phi) is 7.12. The van der Waals surface area contributed by atoms with Crippen LogP contribution in [0.1, 0.15) is 12.8 Å². The first kappa shape index (κ1) is 16.7. The maximum atomic E-state index is 11.7. The molecule has 0 radical (unpaired) electrons. The molecule has 0 bridgehead atoms. The number of carbonyl (C=O) groups excluding carboxylic acids is 1. The van der Waals surface area contributed by atoms with E-state index in [9.17, 15) is 13.2 Å². The molecule has 112 valence electrons. The number of hydrogen-bond acceptors (Lipinski definition) is 6. The molecule has 1 heterocycles. The zero-order chi connectivity index (χ0) is 14.3. The van der Waals surface area contributed by atoms with Crippen LogP contribution in [-0.2, 0) is 19.4 Å². The fourth-order valence-electron chi connectivity index (χ4n) is 1.91. The summed E-state index contributed by atoms with van der Waals surface area (Å²) in [4.78, 5) is 11.7. The number of hydrogen-bond donors (Lipinski definition) is 2. The highest BCUT2D eigenvalue weighted by molar-refractivity contribution is 8.02. The highest BCUT2D eigenvalue weighted by Gasteiger charge is 2.28. The quantitative estimate of drug-likeness (QED) is 0.623. The van der Waals surface area contributed by atoms with Gasteiger partial charge in [-0.05, 0) is 12.8 Å². The van der Waals surface area contributed by atoms with Crippen molar-refractivity contribution in [2.75, 3.05) is 37.6 Å². The number of rotatable bonds is 8. The number of aliphatic hydroxyl groups is 1. The third-order valence-electron chi connectivity index (χ3n) is 2.85. The second kappa shape index (κ2) is 8.08. The summed E-state index contributed by atoms with van der Waals surface area (Å²) in [5.74, 6) is 0.489. The zero-order valence-electron chi connectivity index (χ0n) is 11.0. The van der Waals surface area contributed by atoms with Crippen molar-refractivity contribution in [2.24, 2.45) is 0 Å². The summed E-state index contributed by atoms with van der Waals surface area (Å²) in [6, 6.07) is -0.199. The van der Waals surface area contributed by atoms with Crippen LogP contribution in [0.2, 0.25) is 0 Å². The highest BCUT2D eigenvalue weighted by atomic mass is 32.2. The number of amides is 1. The molecule has 2 unspecified atom stereocenters. The Bertz CT molecular complexity index is 379. The molecular weight excluding hydrogens is 290 g/mol. The summed E-state index contributed by atoms with van der Waals surface area (Å²) < 4.78 is 27.5. The number of thioether (sulfide) groups is 1. The van der Waals surface area contributed by atoms with Crippen molar-refractivity contribution in [3.05, 3.63) is 0 Å². The Hall–Kier alpha value is -0.310. The second-order valence-corrected chi connectivity index (χ2v) is 8.09. The van der Waals surface area contributed by atoms with Crippen LogP contribution < -0.4 is 5.32 Å². The molecule has 2 atom stereocenters. The lowest BCUT2D eigenvalue weighted by atomic mass is 10.2. The summed E-state index contributed by atoms with van der Waals surface area (Å²) in [6.45, 7) is 0.344. The van der Waals surface area contributed by atoms with Gasteiger partial charge in [0.05, 0.1) is 29.9 Å². The van der Waals surface area contributed by atoms with Crippen LogP contribution in [0.4, 0.5) is 0 Å². The lowest BCUT2D eigenvalue weighted by Crippen LogP contribution is -2.39. The molecule has 1 fully saturated rings. The van der Waals surface area contributed by atoms with Crippen molar-refractivity contribution in [1.82, 2.24) is 5.32 Å². The third kappa shape index (κ3) is 6.60. The van der Waals surface area contributed by atoms with Gasteiger partial charge in [-0.25, -0.2) is 8.42 Å². The predicted octanol–water partition coefficient (Wildman–Crippen LogP) is -0.580. The van der Waals surface area contributed by atoms with Crippen LogP contribution in [-0.4, -0.2) is 68.3 Å². The van der Waals surface area contributed by atoms with E-state index < -0.39 is 9.84 Å². The molecule has 0 aliphatic carbocycles. The summed E-state index contributed by atoms with van der Waals surface area (Å²) in [5, 5.41) is 11.6. The first-order chi connectivity index (χ1) is 8.96. The van der Waals surface area contributed by atoms with Crippen molar-refractivity contribution in [3.63, 3.8) is 0 Å². The second-order valence-electron chi connectivity index (χ2n) is 4.57. The number of carbonyl (C=O) groups is 1. The topological polar surface area (TPSA) is 92.7 Å². The fraction of sp³-hybridized carbons (Fsp3) is 0.909. The van der Waals surface area contributed by atoms with Gasteiger partial charge in [-0.1, -0.05) is 0 Å². The molecule has 1 rings (SSSR count). The fourth-order valence-corrected chi connectivity index (χ4v) is 5.36. The van der Waals surface area contributed by atoms with E-state index in [-0.39, 0.29) is 41.1 Å². The summed E-state index contributed by atoms with van der Waals surface area (Å²) in [5.41, 5.74) is 0. The first-order valence-corrected chi connectivity index (χ1v) is 9.05. The maximum absolute atomic E-state index is 11.7. The van der Waals surface area contributed by atoms with Gasteiger partial charge in [-0.15, -0.1) is 11.8 Å². The average molecular weight is 311 g/mol. The molecule has 1 saturated heterocycles. The van der Waals surface area contributed by atoms with E-state index >= 15 is 0 Å². The van der Waals surface area contributed by atoms with Gasteiger partial charge in [0.15, 0.2) is 9.84 Å². The van der Waals surface area contributed by atoms with E-state index in [0.717, 1.165) is 0 Å². The maximum Gasteiger partial charge on any atom is 0.230 e. The standard InChI is InChI=1S/C11H21NO5S2/c1-17-6-9(2-4-13)12-11(14)7-18-10-3-5-19(15,16)8-10/h9-10,13H,2-8H2,1H3,(H,12,14). The molecule has 2 N–H and O–H groups in total. The Labute approximate surface area is 118 Å². The molecule has 8 heteroatoms. The zero-order valence-corrected chi connectivity index (χ0v) is 12.6. The smallest absolute Gasteiger partial charge is 0.230 e. The molecule has 6 nitrogen and oxygen atoms in total. The number of ether oxygens (including phenoxy) is 1. The summed E-state index contributed by atoms with van der Waals surface area (Å²) in [6.07, 6.45) is 1.07. The lowest BCUT2D eigenvalue weighted by molar-refractivity contribution is -0.119. The van der Waals surface area contributed by atoms with Crippen LogP contribution in [0.5, 0.6) is 0 Å². The molecule has 1 aliphatic heterocycles. The SMILES string of the molecule is COCC(CCO)NC(=O)CSC1CCS(=O)(=O)C1. The molecule has 1 aliphatic rings. The van der Waals surface area contributed by atoms with Crippen molar-refractivity contribution in [1.29, 1.82) is 0 Å². The Balaban J connectivity index is 2.27. The van der Waals surface area contributed by atoms with Crippen LogP contribution >= 0.6 is 11.8 Å². The number of nitrogens with one attached hydrogen (secondary N) is 1. The number of methoxy groups -OCH3 is 1. The Morgan fingerprint density at radius 3 is 2.84 bits per heavy atom. The number of sulfone groups is 1. The van der Waals surface area contributed by atoms with Gasteiger partial charge in [0.2, 0.25) is 5.91 Å². The summed E-state index contributed by atoms with van der Waals surface area (Å²) >= 11 is 1.38. The normalized spacial score (nSPS) is 23.2. The summed E-state index contributed by atoms with van der Waals surface area (Å²) in [7, 11) is -1.35. The van der Waals surface area contributed by atoms with E-state index in [2.05, 4.69) is 5.32 Å². The van der Waals surface area contributed by atoms with Gasteiger partial charge in [0, 0.05) is 19.0 Å². The van der Waals surface area contributed by atoms with Gasteiger partial charge in [0.1, 0.15) is 0 Å². The van der Waals surface area contributed by atoms with E-state index in [0.29, 0.717) is 19.4 Å². The molecule has 0 aromatic heterocycles. The van der Waals surface area contributed by atoms with E-state index in [1.807, 2.05) is 0 Å². The Morgan fingerprint density at radius 1 is 1.58 bits per heavy atom. The molecule has 0 spiro atoms. The number of aliphatic hydroxyl groups excluding tert-OH is 1. The molecule has 0 saturated carbocycles. The average Bonchev–Trinajstić information content (AvgIpc) is 2.67. The van der Waals surface area contributed by atoms with Crippen LogP contribution in [0.15, 0.2) is 0 Å². The predicted molar refractivity (Wildman–Crippen MR) is 75.0 cm³/mol. The lowest BCUT2D eigenvalue weighted by Gasteiger charge is -2.17. The molecule has 1 amide bonds. The molecular formula is C11H21NO5S2. The van der Waals surface area contributed by atoms with Crippen molar-refractivity contribution in [3.8, 4) is 0 Å². The van der Waals surface area contributed by atoms with Crippen molar-refractivity contribution >= 4 is 27.5 Å². The van der Waals surface area contributed by atoms with Gasteiger partial charge >= 0.3 is 0 Å². The van der Waals surface area contributed by atoms with Crippen molar-refractivity contribution < 1.29 is 23.1 Å². The molecule has 19 heavy (non-hydrogen) atoms. The van der Waals surface area contributed by atoms with Crippen LogP contribution in [0, 0.1) is 0 Å². The van der Waals surface area contributed by atoms with Gasteiger partial charge in [-0.2, -0.15) is 0 Å². The van der Waals surface area contributed by atoms with E-state index in [1.165, 1.54) is 18.9 Å². The minimum atomic E-state index is -2.89. The van der Waals surface area contributed by atoms with Gasteiger partial charge < -0.3 is 15.2 Å². The van der Waals surface area contributed by atoms with Gasteiger partial charge in [0.25, 0.3) is 0 Å². The Morgan fingerprint density at radius 2 is 2.32 bits per heavy atom. The first-order valence-electron chi connectivity index (χ1n) is 6.18.